The molecule has 0 bridgehead atoms. The number of benzene rings is 2. The Hall–Kier alpha value is -3.20. The molecule has 4 rings (SSSR count). The van der Waals surface area contributed by atoms with Crippen LogP contribution >= 0.6 is 11.6 Å². The highest BCUT2D eigenvalue weighted by Gasteiger charge is 2.30. The van der Waals surface area contributed by atoms with Crippen LogP contribution in [0.15, 0.2) is 65.2 Å². The fourth-order valence-corrected chi connectivity index (χ4v) is 3.57. The molecular weight excluding hydrogens is 418 g/mol. The Morgan fingerprint density at radius 2 is 1.84 bits per heavy atom. The van der Waals surface area contributed by atoms with Crippen molar-refractivity contribution in [3.63, 3.8) is 0 Å². The van der Waals surface area contributed by atoms with Gasteiger partial charge in [0.05, 0.1) is 11.2 Å². The molecule has 0 saturated carbocycles. The van der Waals surface area contributed by atoms with Gasteiger partial charge in [-0.15, -0.1) is 0 Å². The van der Waals surface area contributed by atoms with Crippen LogP contribution in [0.25, 0.3) is 11.3 Å². The summed E-state index contributed by atoms with van der Waals surface area (Å²) in [6.07, 6.45) is 2.57. The van der Waals surface area contributed by atoms with E-state index in [1.807, 2.05) is 48.5 Å². The van der Waals surface area contributed by atoms with E-state index in [0.717, 1.165) is 11.1 Å². The number of nitrogens with zero attached hydrogens (tertiary/aromatic N) is 1. The van der Waals surface area contributed by atoms with E-state index in [1.165, 1.54) is 0 Å². The number of oxazole rings is 1. The second-order valence-electron chi connectivity index (χ2n) is 7.18. The molecule has 160 valence electrons. The number of aryl methyl sites for hydroxylation is 1. The minimum atomic E-state index is -0.449. The van der Waals surface area contributed by atoms with Gasteiger partial charge in [-0.3, -0.25) is 20.4 Å². The lowest BCUT2D eigenvalue weighted by atomic mass is 10.0. The number of halogens is 1. The van der Waals surface area contributed by atoms with Crippen molar-refractivity contribution in [3.05, 3.63) is 77.3 Å². The third kappa shape index (κ3) is 5.29. The topological polar surface area (TPSA) is 108 Å². The lowest BCUT2D eigenvalue weighted by molar-refractivity contribution is -0.129. The molecule has 1 saturated heterocycles. The predicted molar refractivity (Wildman–Crippen MR) is 115 cm³/mol. The lowest BCUT2D eigenvalue weighted by Crippen LogP contribution is -2.50. The Kier molecular flexibility index (Phi) is 6.61. The fourth-order valence-electron chi connectivity index (χ4n) is 3.34. The second-order valence-corrected chi connectivity index (χ2v) is 7.58. The summed E-state index contributed by atoms with van der Waals surface area (Å²) in [5.41, 5.74) is 12.8. The van der Waals surface area contributed by atoms with Crippen molar-refractivity contribution in [3.8, 4) is 11.3 Å². The minimum absolute atomic E-state index is 0.0324. The summed E-state index contributed by atoms with van der Waals surface area (Å²) in [6.45, 7) is 0. The molecule has 0 spiro atoms. The molecule has 0 radical (unpaired) electrons. The first-order valence-electron chi connectivity index (χ1n) is 9.94. The summed E-state index contributed by atoms with van der Waals surface area (Å²) in [5.74, 6) is 0.318. The number of hydrazine groups is 2. The van der Waals surface area contributed by atoms with E-state index in [9.17, 15) is 9.59 Å². The van der Waals surface area contributed by atoms with E-state index in [1.54, 1.807) is 12.3 Å². The van der Waals surface area contributed by atoms with Gasteiger partial charge < -0.3 is 4.42 Å². The van der Waals surface area contributed by atoms with Crippen LogP contribution in [0.4, 0.5) is 0 Å². The zero-order valence-corrected chi connectivity index (χ0v) is 17.4. The van der Waals surface area contributed by atoms with Crippen LogP contribution in [0.3, 0.4) is 0 Å². The van der Waals surface area contributed by atoms with E-state index < -0.39 is 6.04 Å². The van der Waals surface area contributed by atoms with Crippen molar-refractivity contribution in [2.75, 3.05) is 0 Å². The smallest absolute Gasteiger partial charge is 0.256 e. The van der Waals surface area contributed by atoms with Crippen LogP contribution < -0.4 is 21.7 Å². The van der Waals surface area contributed by atoms with E-state index in [2.05, 4.69) is 26.7 Å². The van der Waals surface area contributed by atoms with E-state index in [4.69, 9.17) is 16.0 Å². The number of aromatic nitrogens is 1. The number of carbonyl (C=O) groups is 2. The minimum Gasteiger partial charge on any atom is -0.441 e. The summed E-state index contributed by atoms with van der Waals surface area (Å²) in [5, 5.41) is 0.565. The highest BCUT2D eigenvalue weighted by molar-refractivity contribution is 6.33. The van der Waals surface area contributed by atoms with E-state index >= 15 is 0 Å². The summed E-state index contributed by atoms with van der Waals surface area (Å²) >= 11 is 6.16. The standard InChI is InChI=1S/C22H22ClN5O3/c23-16-9-5-4-8-15(16)19-13-24-21(31-19)11-10-20(29)27-28-22(30)18-12-17(25-26-18)14-6-2-1-3-7-14/h1-9,13,17-18,25-26H,10-12H2,(H,27,29)(H,28,30). The van der Waals surface area contributed by atoms with Gasteiger partial charge in [0, 0.05) is 24.4 Å². The molecule has 1 aliphatic heterocycles. The van der Waals surface area contributed by atoms with Crippen molar-refractivity contribution < 1.29 is 14.0 Å². The number of carbonyl (C=O) groups excluding carboxylic acids is 2. The summed E-state index contributed by atoms with van der Waals surface area (Å²) in [6, 6.07) is 16.7. The molecule has 1 fully saturated rings. The fraction of sp³-hybridized carbons (Fsp3) is 0.227. The average Bonchev–Trinajstić information content (AvgIpc) is 3.47. The second kappa shape index (κ2) is 9.74. The molecule has 1 aromatic heterocycles. The van der Waals surface area contributed by atoms with Crippen LogP contribution in [0.1, 0.15) is 30.3 Å². The number of amides is 2. The Bertz CT molecular complexity index is 1060. The Morgan fingerprint density at radius 1 is 1.06 bits per heavy atom. The predicted octanol–water partition coefficient (Wildman–Crippen LogP) is 2.68. The van der Waals surface area contributed by atoms with Crippen LogP contribution in [-0.2, 0) is 16.0 Å². The largest absolute Gasteiger partial charge is 0.441 e. The van der Waals surface area contributed by atoms with Gasteiger partial charge in [-0.25, -0.2) is 15.8 Å². The third-order valence-electron chi connectivity index (χ3n) is 5.01. The molecule has 2 amide bonds. The zero-order chi connectivity index (χ0) is 21.6. The van der Waals surface area contributed by atoms with Gasteiger partial charge >= 0.3 is 0 Å². The molecule has 2 unspecified atom stereocenters. The Morgan fingerprint density at radius 3 is 2.65 bits per heavy atom. The maximum absolute atomic E-state index is 12.3. The van der Waals surface area contributed by atoms with Crippen molar-refractivity contribution in [1.82, 2.24) is 26.7 Å². The monoisotopic (exact) mass is 439 g/mol. The van der Waals surface area contributed by atoms with Crippen molar-refractivity contribution in [2.24, 2.45) is 0 Å². The van der Waals surface area contributed by atoms with E-state index in [-0.39, 0.29) is 24.3 Å². The molecule has 31 heavy (non-hydrogen) atoms. The van der Waals surface area contributed by atoms with Gasteiger partial charge in [0.2, 0.25) is 5.91 Å². The molecule has 2 atom stereocenters. The van der Waals surface area contributed by atoms with Crippen molar-refractivity contribution >= 4 is 23.4 Å². The molecule has 8 nitrogen and oxygen atoms in total. The zero-order valence-electron chi connectivity index (χ0n) is 16.6. The SMILES string of the molecule is O=C(CCc1ncc(-c2ccccc2Cl)o1)NNC(=O)C1CC(c2ccccc2)NN1. The maximum atomic E-state index is 12.3. The highest BCUT2D eigenvalue weighted by atomic mass is 35.5. The Labute approximate surface area is 184 Å². The van der Waals surface area contributed by atoms with Crippen molar-refractivity contribution in [1.29, 1.82) is 0 Å². The highest BCUT2D eigenvalue weighted by Crippen LogP contribution is 2.28. The van der Waals surface area contributed by atoms with E-state index in [0.29, 0.717) is 29.5 Å². The molecule has 2 heterocycles. The first kappa shape index (κ1) is 21.0. The summed E-state index contributed by atoms with van der Waals surface area (Å²) in [7, 11) is 0. The molecule has 2 aromatic carbocycles. The Balaban J connectivity index is 1.21. The van der Waals surface area contributed by atoms with Crippen LogP contribution in [0.2, 0.25) is 5.02 Å². The number of hydrogen-bond donors (Lipinski definition) is 4. The molecule has 0 aliphatic carbocycles. The molecule has 3 aromatic rings. The number of hydrogen-bond acceptors (Lipinski definition) is 6. The van der Waals surface area contributed by atoms with Gasteiger partial charge in [-0.1, -0.05) is 54.1 Å². The van der Waals surface area contributed by atoms with Crippen molar-refractivity contribution in [2.45, 2.75) is 31.3 Å². The third-order valence-corrected chi connectivity index (χ3v) is 5.34. The number of rotatable bonds is 6. The quantitative estimate of drug-likeness (QED) is 0.440. The lowest BCUT2D eigenvalue weighted by Gasteiger charge is -2.11. The summed E-state index contributed by atoms with van der Waals surface area (Å²) in [4.78, 5) is 28.6. The van der Waals surface area contributed by atoms with Gasteiger partial charge in [0.15, 0.2) is 11.7 Å². The maximum Gasteiger partial charge on any atom is 0.256 e. The molecule has 1 aliphatic rings. The van der Waals surface area contributed by atoms with Gasteiger partial charge in [-0.05, 0) is 24.1 Å². The molecular formula is C22H22ClN5O3. The van der Waals surface area contributed by atoms with Crippen LogP contribution in [-0.4, -0.2) is 22.8 Å². The normalized spacial score (nSPS) is 18.0. The van der Waals surface area contributed by atoms with Crippen LogP contribution in [0.5, 0.6) is 0 Å². The van der Waals surface area contributed by atoms with Crippen LogP contribution in [0, 0.1) is 0 Å². The van der Waals surface area contributed by atoms with Gasteiger partial charge in [0.1, 0.15) is 6.04 Å². The molecule has 9 heteroatoms. The average molecular weight is 440 g/mol. The summed E-state index contributed by atoms with van der Waals surface area (Å²) < 4.78 is 5.68. The number of nitrogens with one attached hydrogen (secondary N) is 4. The van der Waals surface area contributed by atoms with Gasteiger partial charge in [-0.2, -0.15) is 0 Å². The van der Waals surface area contributed by atoms with Gasteiger partial charge in [0.25, 0.3) is 5.91 Å². The first-order chi connectivity index (χ1) is 15.1. The first-order valence-corrected chi connectivity index (χ1v) is 10.3. The molecule has 4 N–H and O–H groups in total.